The van der Waals surface area contributed by atoms with Crippen LogP contribution in [0.1, 0.15) is 452 Å². The second-order valence-electron chi connectivity index (χ2n) is 31.5. The summed E-state index contributed by atoms with van der Waals surface area (Å²) in [7, 11) is -9.93. The summed E-state index contributed by atoms with van der Waals surface area (Å²) in [5.41, 5.74) is 0. The normalized spacial score (nSPS) is 13.8. The lowest BCUT2D eigenvalue weighted by Crippen LogP contribution is -2.30. The molecule has 17 nitrogen and oxygen atoms in total. The van der Waals surface area contributed by atoms with Gasteiger partial charge in [-0.25, -0.2) is 9.13 Å². The van der Waals surface area contributed by atoms with Crippen molar-refractivity contribution in [3.63, 3.8) is 0 Å². The molecule has 0 saturated heterocycles. The average molecular weight is 1520 g/mol. The van der Waals surface area contributed by atoms with Crippen LogP contribution in [0.3, 0.4) is 0 Å². The van der Waals surface area contributed by atoms with Crippen LogP contribution in [-0.2, 0) is 65.4 Å². The van der Waals surface area contributed by atoms with E-state index in [4.69, 9.17) is 37.0 Å². The first-order chi connectivity index (χ1) is 50.4. The summed E-state index contributed by atoms with van der Waals surface area (Å²) in [6.07, 6.45) is 67.9. The van der Waals surface area contributed by atoms with Gasteiger partial charge < -0.3 is 33.8 Å². The van der Waals surface area contributed by atoms with Crippen LogP contribution in [0, 0.1) is 11.8 Å². The maximum atomic E-state index is 13.1. The zero-order valence-corrected chi connectivity index (χ0v) is 70.1. The summed E-state index contributed by atoms with van der Waals surface area (Å²) >= 11 is 0. The third-order valence-corrected chi connectivity index (χ3v) is 21.9. The number of aliphatic hydroxyl groups is 1. The standard InChI is InChI=1S/C85H166O17P2/c1-7-9-11-13-15-17-19-21-26-31-39-45-51-57-63-69-84(89)101-80(73-95-82(87)67-61-55-49-43-37-29-20-18-16-14-12-10-8-2)75-99-103(91,92)97-71-79(86)72-98-104(93,94)100-76-81(74-96-83(88)68-62-56-50-44-38-34-33-36-42-48-54-60-66-78(5)6)102-85(90)70-64-58-52-46-40-32-28-25-23-22-24-27-30-35-41-47-53-59-65-77(3)4/h77-81,86H,7-76H2,1-6H3,(H,91,92)(H,93,94)/t79-,80+,81+/m0/s1. The molecule has 104 heavy (non-hydrogen) atoms. The lowest BCUT2D eigenvalue weighted by Gasteiger charge is -2.21. The monoisotopic (exact) mass is 1520 g/mol. The first-order valence-electron chi connectivity index (χ1n) is 44.0. The number of hydrogen-bond acceptors (Lipinski definition) is 15. The van der Waals surface area contributed by atoms with Gasteiger partial charge in [0.25, 0.3) is 0 Å². The van der Waals surface area contributed by atoms with E-state index >= 15 is 0 Å². The van der Waals surface area contributed by atoms with Crippen molar-refractivity contribution in [2.45, 2.75) is 471 Å². The van der Waals surface area contributed by atoms with Crippen molar-refractivity contribution in [3.05, 3.63) is 0 Å². The van der Waals surface area contributed by atoms with Crippen LogP contribution >= 0.6 is 15.6 Å². The fourth-order valence-electron chi connectivity index (χ4n) is 13.2. The van der Waals surface area contributed by atoms with Crippen LogP contribution in [0.5, 0.6) is 0 Å². The Morgan fingerprint density at radius 3 is 0.654 bits per heavy atom. The second-order valence-corrected chi connectivity index (χ2v) is 34.4. The highest BCUT2D eigenvalue weighted by atomic mass is 31.2. The van der Waals surface area contributed by atoms with E-state index in [0.29, 0.717) is 25.7 Å². The van der Waals surface area contributed by atoms with Crippen LogP contribution in [0.25, 0.3) is 0 Å². The Bertz CT molecular complexity index is 1990. The number of phosphoric acid groups is 2. The van der Waals surface area contributed by atoms with Gasteiger partial charge in [-0.05, 0) is 37.5 Å². The maximum absolute atomic E-state index is 13.1. The molecule has 0 aliphatic rings. The summed E-state index contributed by atoms with van der Waals surface area (Å²) in [5, 5.41) is 10.7. The van der Waals surface area contributed by atoms with E-state index in [1.165, 1.54) is 270 Å². The Balaban J connectivity index is 5.25. The average Bonchev–Trinajstić information content (AvgIpc) is 0.904. The van der Waals surface area contributed by atoms with E-state index in [2.05, 4.69) is 41.5 Å². The van der Waals surface area contributed by atoms with Crippen LogP contribution in [0.4, 0.5) is 0 Å². The molecule has 0 heterocycles. The van der Waals surface area contributed by atoms with Crippen molar-refractivity contribution in [2.75, 3.05) is 39.6 Å². The second kappa shape index (κ2) is 76.4. The highest BCUT2D eigenvalue weighted by Crippen LogP contribution is 2.45. The van der Waals surface area contributed by atoms with Gasteiger partial charge >= 0.3 is 39.5 Å². The van der Waals surface area contributed by atoms with Gasteiger partial charge in [-0.3, -0.25) is 37.3 Å². The van der Waals surface area contributed by atoms with Crippen molar-refractivity contribution in [3.8, 4) is 0 Å². The molecule has 618 valence electrons. The van der Waals surface area contributed by atoms with E-state index in [0.717, 1.165) is 102 Å². The fraction of sp³-hybridized carbons (Fsp3) is 0.953. The van der Waals surface area contributed by atoms with Crippen LogP contribution < -0.4 is 0 Å². The first-order valence-corrected chi connectivity index (χ1v) is 47.0. The quantitative estimate of drug-likeness (QED) is 0.0222. The highest BCUT2D eigenvalue weighted by Gasteiger charge is 2.30. The molecule has 0 aromatic rings. The van der Waals surface area contributed by atoms with E-state index in [1.807, 2.05) is 0 Å². The van der Waals surface area contributed by atoms with Gasteiger partial charge in [-0.15, -0.1) is 0 Å². The fourth-order valence-corrected chi connectivity index (χ4v) is 14.8. The molecule has 2 unspecified atom stereocenters. The Morgan fingerprint density at radius 2 is 0.442 bits per heavy atom. The maximum Gasteiger partial charge on any atom is 0.472 e. The SMILES string of the molecule is CCCCCCCCCCCCCCCCCC(=O)O[C@H](COC(=O)CCCCCCCCCCCCCCC)COP(=O)(O)OC[C@H](O)COP(=O)(O)OC[C@@H](COC(=O)CCCCCCCCCCCCCCC(C)C)OC(=O)CCCCCCCCCCCCCCCCCCCCC(C)C. The molecule has 5 atom stereocenters. The number of esters is 4. The highest BCUT2D eigenvalue weighted by molar-refractivity contribution is 7.47. The molecule has 0 aliphatic carbocycles. The number of hydrogen-bond donors (Lipinski definition) is 3. The van der Waals surface area contributed by atoms with Gasteiger partial charge in [-0.1, -0.05) is 401 Å². The molecule has 3 N–H and O–H groups in total. The molecule has 0 spiro atoms. The van der Waals surface area contributed by atoms with Crippen molar-refractivity contribution in [2.24, 2.45) is 11.8 Å². The van der Waals surface area contributed by atoms with E-state index in [9.17, 15) is 43.2 Å². The van der Waals surface area contributed by atoms with E-state index in [1.54, 1.807) is 0 Å². The van der Waals surface area contributed by atoms with Crippen molar-refractivity contribution in [1.29, 1.82) is 0 Å². The molecular weight excluding hydrogens is 1350 g/mol. The molecule has 0 radical (unpaired) electrons. The zero-order valence-electron chi connectivity index (χ0n) is 68.3. The summed E-state index contributed by atoms with van der Waals surface area (Å²) in [6.45, 7) is 9.72. The van der Waals surface area contributed by atoms with Gasteiger partial charge in [0.15, 0.2) is 12.2 Å². The van der Waals surface area contributed by atoms with Crippen molar-refractivity contribution < 1.29 is 80.2 Å². The lowest BCUT2D eigenvalue weighted by atomic mass is 10.0. The summed E-state index contributed by atoms with van der Waals surface area (Å²) in [5.74, 6) is -0.498. The number of carbonyl (C=O) groups excluding carboxylic acids is 4. The number of phosphoric ester groups is 2. The topological polar surface area (TPSA) is 237 Å². The van der Waals surface area contributed by atoms with Crippen LogP contribution in [0.15, 0.2) is 0 Å². The minimum atomic E-state index is -4.96. The van der Waals surface area contributed by atoms with E-state index in [-0.39, 0.29) is 25.7 Å². The predicted octanol–water partition coefficient (Wildman–Crippen LogP) is 25.8. The molecule has 0 aromatic carbocycles. The van der Waals surface area contributed by atoms with Gasteiger partial charge in [0, 0.05) is 25.7 Å². The zero-order chi connectivity index (χ0) is 76.4. The third-order valence-electron chi connectivity index (χ3n) is 20.0. The molecule has 0 fully saturated rings. The molecule has 0 saturated carbocycles. The smallest absolute Gasteiger partial charge is 0.462 e. The minimum Gasteiger partial charge on any atom is -0.462 e. The van der Waals surface area contributed by atoms with Crippen molar-refractivity contribution in [1.82, 2.24) is 0 Å². The summed E-state index contributed by atoms with van der Waals surface area (Å²) in [6, 6.07) is 0. The summed E-state index contributed by atoms with van der Waals surface area (Å²) in [4.78, 5) is 73.2. The minimum absolute atomic E-state index is 0.109. The predicted molar refractivity (Wildman–Crippen MR) is 428 cm³/mol. The number of carbonyl (C=O) groups is 4. The first kappa shape index (κ1) is 102. The number of rotatable bonds is 84. The Morgan fingerprint density at radius 1 is 0.260 bits per heavy atom. The lowest BCUT2D eigenvalue weighted by molar-refractivity contribution is -0.161. The Kier molecular flexibility index (Phi) is 75.0. The molecule has 0 aliphatic heterocycles. The molecule has 0 bridgehead atoms. The van der Waals surface area contributed by atoms with Crippen LogP contribution in [-0.4, -0.2) is 96.7 Å². The Labute approximate surface area is 638 Å². The number of unbranched alkanes of at least 4 members (excludes halogenated alkanes) is 54. The van der Waals surface area contributed by atoms with Crippen LogP contribution in [0.2, 0.25) is 0 Å². The van der Waals surface area contributed by atoms with Gasteiger partial charge in [0.05, 0.1) is 26.4 Å². The van der Waals surface area contributed by atoms with Gasteiger partial charge in [-0.2, -0.15) is 0 Å². The summed E-state index contributed by atoms with van der Waals surface area (Å²) < 4.78 is 68.9. The molecule has 0 aromatic heterocycles. The number of aliphatic hydroxyl groups excluding tert-OH is 1. The van der Waals surface area contributed by atoms with Gasteiger partial charge in [0.2, 0.25) is 0 Å². The van der Waals surface area contributed by atoms with Crippen molar-refractivity contribution >= 4 is 39.5 Å². The Hall–Kier alpha value is -1.94. The van der Waals surface area contributed by atoms with E-state index < -0.39 is 97.5 Å². The molecule has 19 heteroatoms. The van der Waals surface area contributed by atoms with Gasteiger partial charge in [0.1, 0.15) is 19.3 Å². The molecular formula is C85H166O17P2. The largest absolute Gasteiger partial charge is 0.472 e. The molecule has 0 rings (SSSR count). The molecule has 0 amide bonds. The third kappa shape index (κ3) is 78.2. The number of ether oxygens (including phenoxy) is 4.